The van der Waals surface area contributed by atoms with Gasteiger partial charge in [0.15, 0.2) is 5.15 Å². The summed E-state index contributed by atoms with van der Waals surface area (Å²) in [6.45, 7) is 7.60. The average molecular weight is 327 g/mol. The van der Waals surface area contributed by atoms with Gasteiger partial charge in [0.25, 0.3) is 0 Å². The summed E-state index contributed by atoms with van der Waals surface area (Å²) in [7, 11) is 2.01. The van der Waals surface area contributed by atoms with Crippen LogP contribution < -0.4 is 0 Å². The number of ether oxygens (including phenoxy) is 1. The predicted molar refractivity (Wildman–Crippen MR) is 84.7 cm³/mol. The first-order valence-electron chi connectivity index (χ1n) is 7.40. The van der Waals surface area contributed by atoms with Gasteiger partial charge >= 0.3 is 6.09 Å². The van der Waals surface area contributed by atoms with Crippen molar-refractivity contribution >= 4 is 17.7 Å². The highest BCUT2D eigenvalue weighted by Crippen LogP contribution is 2.20. The zero-order chi connectivity index (χ0) is 16.3. The molecule has 122 valence electrons. The molecule has 0 aliphatic carbocycles. The zero-order valence-electron chi connectivity index (χ0n) is 13.5. The van der Waals surface area contributed by atoms with E-state index in [0.29, 0.717) is 24.8 Å². The van der Waals surface area contributed by atoms with E-state index in [-0.39, 0.29) is 12.1 Å². The third-order valence-corrected chi connectivity index (χ3v) is 3.88. The highest BCUT2D eigenvalue weighted by Gasteiger charge is 2.31. The fourth-order valence-corrected chi connectivity index (χ4v) is 2.58. The largest absolute Gasteiger partial charge is 0.444 e. The number of carbonyl (C=O) groups excluding carboxylic acids is 1. The Kier molecular flexibility index (Phi) is 5.24. The van der Waals surface area contributed by atoms with Gasteiger partial charge in [0.2, 0.25) is 0 Å². The molecule has 0 saturated carbocycles. The van der Waals surface area contributed by atoms with Crippen molar-refractivity contribution in [2.75, 3.05) is 20.1 Å². The van der Waals surface area contributed by atoms with Gasteiger partial charge in [-0.05, 0) is 34.2 Å². The number of hydrogen-bond acceptors (Lipinski definition) is 5. The molecule has 1 amide bonds. The van der Waals surface area contributed by atoms with E-state index in [4.69, 9.17) is 16.3 Å². The predicted octanol–water partition coefficient (Wildman–Crippen LogP) is 2.57. The van der Waals surface area contributed by atoms with Crippen molar-refractivity contribution < 1.29 is 9.53 Å². The monoisotopic (exact) mass is 326 g/mol. The van der Waals surface area contributed by atoms with Crippen molar-refractivity contribution in [3.8, 4) is 0 Å². The summed E-state index contributed by atoms with van der Waals surface area (Å²) in [6.07, 6.45) is 3.87. The van der Waals surface area contributed by atoms with Crippen molar-refractivity contribution in [2.45, 2.75) is 45.4 Å². The molecule has 1 fully saturated rings. The van der Waals surface area contributed by atoms with Gasteiger partial charge in [0.05, 0.1) is 5.69 Å². The maximum atomic E-state index is 12.1. The smallest absolute Gasteiger partial charge is 0.410 e. The van der Waals surface area contributed by atoms with Crippen molar-refractivity contribution in [1.29, 1.82) is 0 Å². The lowest BCUT2D eigenvalue weighted by Crippen LogP contribution is -2.39. The molecular weight excluding hydrogens is 304 g/mol. The first-order chi connectivity index (χ1) is 10.3. The van der Waals surface area contributed by atoms with E-state index in [1.807, 2.05) is 27.8 Å². The Balaban J connectivity index is 1.90. The first-order valence-corrected chi connectivity index (χ1v) is 7.77. The molecule has 0 radical (unpaired) electrons. The number of carbonyl (C=O) groups is 1. The minimum atomic E-state index is -0.464. The molecule has 2 rings (SSSR count). The third kappa shape index (κ3) is 4.55. The van der Waals surface area contributed by atoms with Gasteiger partial charge < -0.3 is 9.64 Å². The van der Waals surface area contributed by atoms with Gasteiger partial charge in [0, 0.05) is 38.1 Å². The van der Waals surface area contributed by atoms with E-state index >= 15 is 0 Å². The van der Waals surface area contributed by atoms with E-state index in [2.05, 4.69) is 14.9 Å². The average Bonchev–Trinajstić information content (AvgIpc) is 2.89. The second-order valence-electron chi connectivity index (χ2n) is 6.58. The Morgan fingerprint density at radius 3 is 2.77 bits per heavy atom. The van der Waals surface area contributed by atoms with Crippen LogP contribution in [0.4, 0.5) is 4.79 Å². The molecular formula is C15H23ClN4O2. The Morgan fingerprint density at radius 1 is 1.45 bits per heavy atom. The SMILES string of the molecule is CN(Cc1nccnc1Cl)C1CCN(C(=O)OC(C)(C)C)C1. The summed E-state index contributed by atoms with van der Waals surface area (Å²) in [5, 5.41) is 0.427. The molecule has 0 bridgehead atoms. The molecule has 1 atom stereocenters. The Labute approximate surface area is 136 Å². The van der Waals surface area contributed by atoms with Crippen molar-refractivity contribution in [3.63, 3.8) is 0 Å². The number of aromatic nitrogens is 2. The number of halogens is 1. The topological polar surface area (TPSA) is 58.6 Å². The van der Waals surface area contributed by atoms with Gasteiger partial charge in [-0.15, -0.1) is 0 Å². The molecule has 1 saturated heterocycles. The fourth-order valence-electron chi connectivity index (χ4n) is 2.42. The van der Waals surface area contributed by atoms with Crippen LogP contribution >= 0.6 is 11.6 Å². The van der Waals surface area contributed by atoms with E-state index < -0.39 is 5.60 Å². The summed E-state index contributed by atoms with van der Waals surface area (Å²) in [5.41, 5.74) is 0.288. The quantitative estimate of drug-likeness (QED) is 0.854. The highest BCUT2D eigenvalue weighted by atomic mass is 35.5. The molecule has 22 heavy (non-hydrogen) atoms. The van der Waals surface area contributed by atoms with E-state index in [1.165, 1.54) is 0 Å². The summed E-state index contributed by atoms with van der Waals surface area (Å²) in [4.78, 5) is 24.3. The lowest BCUT2D eigenvalue weighted by atomic mass is 10.2. The molecule has 0 spiro atoms. The van der Waals surface area contributed by atoms with Crippen molar-refractivity contribution in [1.82, 2.24) is 19.8 Å². The fraction of sp³-hybridized carbons (Fsp3) is 0.667. The number of rotatable bonds is 3. The molecule has 1 aromatic heterocycles. The first kappa shape index (κ1) is 17.0. The molecule has 1 aromatic rings. The molecule has 0 aromatic carbocycles. The lowest BCUT2D eigenvalue weighted by Gasteiger charge is -2.26. The number of likely N-dealkylation sites (N-methyl/N-ethyl adjacent to an activating group) is 1. The van der Waals surface area contributed by atoms with Crippen LogP contribution in [0.25, 0.3) is 0 Å². The molecule has 0 N–H and O–H groups in total. The number of nitrogens with zero attached hydrogens (tertiary/aromatic N) is 4. The Hall–Kier alpha value is -1.40. The summed E-state index contributed by atoms with van der Waals surface area (Å²) >= 11 is 6.04. The van der Waals surface area contributed by atoms with Crippen LogP contribution in [-0.4, -0.2) is 57.6 Å². The third-order valence-electron chi connectivity index (χ3n) is 3.56. The maximum Gasteiger partial charge on any atom is 0.410 e. The second-order valence-corrected chi connectivity index (χ2v) is 6.94. The molecule has 7 heteroatoms. The van der Waals surface area contributed by atoms with Crippen LogP contribution in [0.5, 0.6) is 0 Å². The van der Waals surface area contributed by atoms with E-state index in [0.717, 1.165) is 12.1 Å². The van der Waals surface area contributed by atoms with Crippen LogP contribution in [0.2, 0.25) is 5.15 Å². The van der Waals surface area contributed by atoms with E-state index in [1.54, 1.807) is 17.3 Å². The molecule has 1 aliphatic heterocycles. The van der Waals surface area contributed by atoms with Gasteiger partial charge in [-0.3, -0.25) is 9.88 Å². The van der Waals surface area contributed by atoms with Gasteiger partial charge in [0.1, 0.15) is 5.60 Å². The van der Waals surface area contributed by atoms with Crippen LogP contribution in [-0.2, 0) is 11.3 Å². The van der Waals surface area contributed by atoms with Gasteiger partial charge in [-0.25, -0.2) is 9.78 Å². The van der Waals surface area contributed by atoms with Crippen LogP contribution in [0.15, 0.2) is 12.4 Å². The molecule has 1 aliphatic rings. The molecule has 1 unspecified atom stereocenters. The minimum absolute atomic E-state index is 0.249. The normalized spacial score (nSPS) is 18.8. The highest BCUT2D eigenvalue weighted by molar-refractivity contribution is 6.29. The molecule has 6 nitrogen and oxygen atoms in total. The minimum Gasteiger partial charge on any atom is -0.444 e. The van der Waals surface area contributed by atoms with Gasteiger partial charge in [-0.2, -0.15) is 0 Å². The summed E-state index contributed by atoms with van der Waals surface area (Å²) < 4.78 is 5.41. The van der Waals surface area contributed by atoms with Crippen molar-refractivity contribution in [3.05, 3.63) is 23.2 Å². The van der Waals surface area contributed by atoms with Crippen LogP contribution in [0.1, 0.15) is 32.9 Å². The number of hydrogen-bond donors (Lipinski definition) is 0. The second kappa shape index (κ2) is 6.79. The van der Waals surface area contributed by atoms with Crippen molar-refractivity contribution in [2.24, 2.45) is 0 Å². The van der Waals surface area contributed by atoms with E-state index in [9.17, 15) is 4.79 Å². The zero-order valence-corrected chi connectivity index (χ0v) is 14.3. The number of amides is 1. The summed E-state index contributed by atoms with van der Waals surface area (Å²) in [6, 6.07) is 0.269. The Morgan fingerprint density at radius 2 is 2.14 bits per heavy atom. The molecule has 2 heterocycles. The Bertz CT molecular complexity index is 533. The van der Waals surface area contributed by atoms with Gasteiger partial charge in [-0.1, -0.05) is 11.6 Å². The lowest BCUT2D eigenvalue weighted by molar-refractivity contribution is 0.0282. The maximum absolute atomic E-state index is 12.1. The van der Waals surface area contributed by atoms with Crippen LogP contribution in [0, 0.1) is 0 Å². The number of likely N-dealkylation sites (tertiary alicyclic amines) is 1. The standard InChI is InChI=1S/C15H23ClN4O2/c1-15(2,3)22-14(21)20-8-5-11(9-20)19(4)10-12-13(16)18-7-6-17-12/h6-7,11H,5,8-10H2,1-4H3. The summed E-state index contributed by atoms with van der Waals surface area (Å²) in [5.74, 6) is 0. The van der Waals surface area contributed by atoms with Crippen LogP contribution in [0.3, 0.4) is 0 Å².